The Hall–Kier alpha value is -0.450. The fraction of sp³-hybridized carbons (Fsp3) is 0.500. The minimum absolute atomic E-state index is 0.470. The van der Waals surface area contributed by atoms with E-state index in [1.807, 2.05) is 0 Å². The van der Waals surface area contributed by atoms with Crippen LogP contribution in [0, 0.1) is 3.57 Å². The molecule has 0 unspecified atom stereocenters. The molecule has 0 atom stereocenters. The second-order valence-corrected chi connectivity index (χ2v) is 5.16. The van der Waals surface area contributed by atoms with Gasteiger partial charge in [0, 0.05) is 12.0 Å². The second kappa shape index (κ2) is 4.60. The second-order valence-electron chi connectivity index (χ2n) is 4.00. The van der Waals surface area contributed by atoms with Crippen LogP contribution in [0.2, 0.25) is 0 Å². The van der Waals surface area contributed by atoms with Crippen molar-refractivity contribution in [2.75, 3.05) is 13.2 Å². The average molecular weight is 318 g/mol. The van der Waals surface area contributed by atoms with Crippen LogP contribution in [0.5, 0.6) is 11.5 Å². The molecule has 2 rings (SSSR count). The van der Waals surface area contributed by atoms with Crippen LogP contribution in [-0.2, 0) is 0 Å². The van der Waals surface area contributed by atoms with E-state index >= 15 is 0 Å². The van der Waals surface area contributed by atoms with Crippen molar-refractivity contribution < 1.29 is 9.47 Å². The summed E-state index contributed by atoms with van der Waals surface area (Å²) >= 11 is 2.30. The van der Waals surface area contributed by atoms with Crippen LogP contribution >= 0.6 is 22.6 Å². The normalized spacial score (nSPS) is 15.2. The van der Waals surface area contributed by atoms with Gasteiger partial charge in [-0.2, -0.15) is 0 Å². The van der Waals surface area contributed by atoms with E-state index < -0.39 is 0 Å². The summed E-state index contributed by atoms with van der Waals surface area (Å²) in [6, 6.07) is 4.24. The molecule has 0 fully saturated rings. The Morgan fingerprint density at radius 3 is 2.47 bits per heavy atom. The molecule has 1 aliphatic heterocycles. The number of benzene rings is 1. The lowest BCUT2D eigenvalue weighted by molar-refractivity contribution is 0.295. The predicted octanol–water partition coefficient (Wildman–Crippen LogP) is 3.58. The maximum absolute atomic E-state index is 5.79. The van der Waals surface area contributed by atoms with E-state index in [4.69, 9.17) is 9.47 Å². The largest absolute Gasteiger partial charge is 0.489 e. The predicted molar refractivity (Wildman–Crippen MR) is 68.9 cm³/mol. The van der Waals surface area contributed by atoms with Gasteiger partial charge in [0.2, 0.25) is 0 Å². The molecule has 1 aliphatic rings. The smallest absolute Gasteiger partial charge is 0.174 e. The Morgan fingerprint density at radius 2 is 1.80 bits per heavy atom. The van der Waals surface area contributed by atoms with Gasteiger partial charge in [-0.3, -0.25) is 0 Å². The molecule has 0 saturated carbocycles. The lowest BCUT2D eigenvalue weighted by atomic mass is 10.0. The van der Waals surface area contributed by atoms with E-state index in [0.29, 0.717) is 5.92 Å². The molecule has 0 N–H and O–H groups in total. The first-order valence-corrected chi connectivity index (χ1v) is 6.36. The van der Waals surface area contributed by atoms with Crippen molar-refractivity contribution >= 4 is 22.6 Å². The molecule has 1 aromatic rings. The number of hydrogen-bond donors (Lipinski definition) is 0. The van der Waals surface area contributed by atoms with E-state index in [2.05, 4.69) is 48.6 Å². The van der Waals surface area contributed by atoms with Gasteiger partial charge in [-0.25, -0.2) is 0 Å². The summed E-state index contributed by atoms with van der Waals surface area (Å²) in [6.45, 7) is 5.87. The molecule has 0 saturated heterocycles. The summed E-state index contributed by atoms with van der Waals surface area (Å²) in [7, 11) is 0. The Bertz CT molecular complexity index is 361. The summed E-state index contributed by atoms with van der Waals surface area (Å²) in [5.41, 5.74) is 1.24. The minimum atomic E-state index is 0.470. The van der Waals surface area contributed by atoms with Gasteiger partial charge in [-0.1, -0.05) is 19.9 Å². The lowest BCUT2D eigenvalue weighted by Gasteiger charge is -2.16. The number of fused-ring (bicyclic) bond motifs is 1. The fourth-order valence-electron chi connectivity index (χ4n) is 1.70. The standard InChI is InChI=1S/C12H15IO2/c1-8(2)9-4-5-10(13)12-11(9)14-6-3-7-15-12/h4-5,8H,3,6-7H2,1-2H3. The molecule has 0 aromatic heterocycles. The average Bonchev–Trinajstić information content (AvgIpc) is 2.43. The van der Waals surface area contributed by atoms with E-state index in [-0.39, 0.29) is 0 Å². The molecule has 0 amide bonds. The van der Waals surface area contributed by atoms with Crippen LogP contribution in [0.1, 0.15) is 31.7 Å². The van der Waals surface area contributed by atoms with Crippen LogP contribution in [0.3, 0.4) is 0 Å². The highest BCUT2D eigenvalue weighted by Crippen LogP contribution is 2.40. The van der Waals surface area contributed by atoms with Crippen LogP contribution in [0.4, 0.5) is 0 Å². The van der Waals surface area contributed by atoms with Crippen molar-refractivity contribution in [1.29, 1.82) is 0 Å². The zero-order valence-corrected chi connectivity index (χ0v) is 11.2. The van der Waals surface area contributed by atoms with Gasteiger partial charge in [0.25, 0.3) is 0 Å². The molecule has 15 heavy (non-hydrogen) atoms. The number of ether oxygens (including phenoxy) is 2. The first-order valence-electron chi connectivity index (χ1n) is 5.28. The van der Waals surface area contributed by atoms with Crippen molar-refractivity contribution in [3.05, 3.63) is 21.3 Å². The lowest BCUT2D eigenvalue weighted by Crippen LogP contribution is -1.99. The zero-order chi connectivity index (χ0) is 10.8. The minimum Gasteiger partial charge on any atom is -0.489 e. The third kappa shape index (κ3) is 2.22. The van der Waals surface area contributed by atoms with Crippen molar-refractivity contribution in [1.82, 2.24) is 0 Å². The molecule has 0 spiro atoms. The highest BCUT2D eigenvalue weighted by atomic mass is 127. The van der Waals surface area contributed by atoms with Crippen LogP contribution in [0.15, 0.2) is 12.1 Å². The van der Waals surface area contributed by atoms with Gasteiger partial charge in [0.05, 0.1) is 16.8 Å². The van der Waals surface area contributed by atoms with Crippen LogP contribution in [-0.4, -0.2) is 13.2 Å². The van der Waals surface area contributed by atoms with Crippen molar-refractivity contribution in [3.63, 3.8) is 0 Å². The molecule has 2 nitrogen and oxygen atoms in total. The van der Waals surface area contributed by atoms with Crippen LogP contribution in [0.25, 0.3) is 0 Å². The molecule has 3 heteroatoms. The zero-order valence-electron chi connectivity index (χ0n) is 9.05. The van der Waals surface area contributed by atoms with Gasteiger partial charge in [-0.05, 0) is 34.6 Å². The van der Waals surface area contributed by atoms with Crippen LogP contribution < -0.4 is 9.47 Å². The molecule has 0 radical (unpaired) electrons. The van der Waals surface area contributed by atoms with Crippen molar-refractivity contribution in [2.24, 2.45) is 0 Å². The maximum atomic E-state index is 5.79. The Kier molecular flexibility index (Phi) is 3.38. The third-order valence-electron chi connectivity index (χ3n) is 2.50. The van der Waals surface area contributed by atoms with E-state index in [0.717, 1.165) is 34.7 Å². The van der Waals surface area contributed by atoms with Crippen molar-refractivity contribution in [2.45, 2.75) is 26.2 Å². The first kappa shape index (κ1) is 11.0. The highest BCUT2D eigenvalue weighted by molar-refractivity contribution is 14.1. The highest BCUT2D eigenvalue weighted by Gasteiger charge is 2.19. The number of hydrogen-bond acceptors (Lipinski definition) is 2. The Morgan fingerprint density at radius 1 is 1.13 bits per heavy atom. The monoisotopic (exact) mass is 318 g/mol. The SMILES string of the molecule is CC(C)c1ccc(I)c2c1OCCCO2. The molecular weight excluding hydrogens is 303 g/mol. The van der Waals surface area contributed by atoms with E-state index in [1.165, 1.54) is 5.56 Å². The topological polar surface area (TPSA) is 18.5 Å². The molecule has 0 bridgehead atoms. The summed E-state index contributed by atoms with van der Waals surface area (Å²) in [5, 5.41) is 0. The Balaban J connectivity index is 2.51. The maximum Gasteiger partial charge on any atom is 0.174 e. The van der Waals surface area contributed by atoms with Crippen molar-refractivity contribution in [3.8, 4) is 11.5 Å². The number of halogens is 1. The molecule has 0 aliphatic carbocycles. The van der Waals surface area contributed by atoms with Gasteiger partial charge in [-0.15, -0.1) is 0 Å². The summed E-state index contributed by atoms with van der Waals surface area (Å²) < 4.78 is 12.7. The molecule has 1 heterocycles. The van der Waals surface area contributed by atoms with E-state index in [1.54, 1.807) is 0 Å². The summed E-state index contributed by atoms with van der Waals surface area (Å²) in [4.78, 5) is 0. The summed E-state index contributed by atoms with van der Waals surface area (Å²) in [6.07, 6.45) is 0.961. The summed E-state index contributed by atoms with van der Waals surface area (Å²) in [5.74, 6) is 2.35. The number of rotatable bonds is 1. The molecular formula is C12H15IO2. The van der Waals surface area contributed by atoms with Gasteiger partial charge >= 0.3 is 0 Å². The quantitative estimate of drug-likeness (QED) is 0.737. The fourth-order valence-corrected chi connectivity index (χ4v) is 2.28. The van der Waals surface area contributed by atoms with Gasteiger partial charge in [0.1, 0.15) is 0 Å². The van der Waals surface area contributed by atoms with Gasteiger partial charge in [0.15, 0.2) is 11.5 Å². The Labute approximate surface area is 104 Å². The van der Waals surface area contributed by atoms with E-state index in [9.17, 15) is 0 Å². The molecule has 82 valence electrons. The van der Waals surface area contributed by atoms with Gasteiger partial charge < -0.3 is 9.47 Å². The third-order valence-corrected chi connectivity index (χ3v) is 3.35. The first-order chi connectivity index (χ1) is 7.20. The molecule has 1 aromatic carbocycles.